The maximum Gasteiger partial charge on any atom is 0.315 e. The molecule has 1 atom stereocenters. The molecule has 0 aliphatic heterocycles. The van der Waals surface area contributed by atoms with E-state index in [4.69, 9.17) is 5.73 Å². The second-order valence-electron chi connectivity index (χ2n) is 6.07. The first kappa shape index (κ1) is 15.5. The van der Waals surface area contributed by atoms with Crippen LogP contribution in [0.3, 0.4) is 0 Å². The SMILES string of the molecule is CC(C)(C)CC(N)CNC(=O)NCc1ccccc1. The Kier molecular flexibility index (Phi) is 5.83. The maximum atomic E-state index is 11.6. The number of amides is 2. The fourth-order valence-corrected chi connectivity index (χ4v) is 1.92. The number of carbonyl (C=O) groups excluding carboxylic acids is 1. The van der Waals surface area contributed by atoms with Crippen LogP contribution in [0, 0.1) is 5.41 Å². The van der Waals surface area contributed by atoms with Gasteiger partial charge < -0.3 is 16.4 Å². The van der Waals surface area contributed by atoms with E-state index in [9.17, 15) is 4.79 Å². The average molecular weight is 263 g/mol. The van der Waals surface area contributed by atoms with Crippen LogP contribution in [0.25, 0.3) is 0 Å². The van der Waals surface area contributed by atoms with Gasteiger partial charge in [0, 0.05) is 19.1 Å². The van der Waals surface area contributed by atoms with E-state index < -0.39 is 0 Å². The van der Waals surface area contributed by atoms with Gasteiger partial charge in [0.2, 0.25) is 0 Å². The Balaban J connectivity index is 2.21. The molecule has 0 saturated heterocycles. The van der Waals surface area contributed by atoms with Gasteiger partial charge in [-0.2, -0.15) is 0 Å². The summed E-state index contributed by atoms with van der Waals surface area (Å²) in [6.45, 7) is 7.45. The Labute approximate surface area is 115 Å². The second-order valence-corrected chi connectivity index (χ2v) is 6.07. The molecule has 0 radical (unpaired) electrons. The average Bonchev–Trinajstić information content (AvgIpc) is 2.33. The van der Waals surface area contributed by atoms with Crippen LogP contribution in [0.5, 0.6) is 0 Å². The number of benzene rings is 1. The molecule has 1 aromatic carbocycles. The van der Waals surface area contributed by atoms with E-state index in [0.717, 1.165) is 12.0 Å². The first-order chi connectivity index (χ1) is 8.87. The van der Waals surface area contributed by atoms with Crippen molar-refractivity contribution in [2.45, 2.75) is 39.8 Å². The van der Waals surface area contributed by atoms with Gasteiger partial charge in [-0.05, 0) is 17.4 Å². The monoisotopic (exact) mass is 263 g/mol. The second kappa shape index (κ2) is 7.14. The Morgan fingerprint density at radius 3 is 2.42 bits per heavy atom. The molecule has 19 heavy (non-hydrogen) atoms. The minimum atomic E-state index is -0.173. The number of urea groups is 1. The molecule has 0 saturated carbocycles. The molecule has 1 aromatic rings. The molecule has 4 nitrogen and oxygen atoms in total. The molecule has 0 spiro atoms. The van der Waals surface area contributed by atoms with Gasteiger partial charge in [0.05, 0.1) is 0 Å². The first-order valence-corrected chi connectivity index (χ1v) is 6.68. The van der Waals surface area contributed by atoms with Gasteiger partial charge in [-0.3, -0.25) is 0 Å². The summed E-state index contributed by atoms with van der Waals surface area (Å²) in [6.07, 6.45) is 0.881. The minimum absolute atomic E-state index is 0.0116. The predicted octanol–water partition coefficient (Wildman–Crippen LogP) is 2.25. The number of carbonyl (C=O) groups is 1. The summed E-state index contributed by atoms with van der Waals surface area (Å²) in [7, 11) is 0. The summed E-state index contributed by atoms with van der Waals surface area (Å²) in [4.78, 5) is 11.6. The van der Waals surface area contributed by atoms with Crippen LogP contribution in [0.1, 0.15) is 32.8 Å². The van der Waals surface area contributed by atoms with Gasteiger partial charge in [0.15, 0.2) is 0 Å². The van der Waals surface area contributed by atoms with Crippen LogP contribution in [0.2, 0.25) is 0 Å². The van der Waals surface area contributed by atoms with Gasteiger partial charge in [-0.15, -0.1) is 0 Å². The van der Waals surface area contributed by atoms with Crippen LogP contribution in [-0.4, -0.2) is 18.6 Å². The van der Waals surface area contributed by atoms with Gasteiger partial charge in [0.1, 0.15) is 0 Å². The summed E-state index contributed by atoms with van der Waals surface area (Å²) < 4.78 is 0. The van der Waals surface area contributed by atoms with Crippen molar-refractivity contribution in [1.82, 2.24) is 10.6 Å². The molecular formula is C15H25N3O. The third-order valence-corrected chi connectivity index (χ3v) is 2.70. The van der Waals surface area contributed by atoms with Crippen molar-refractivity contribution in [3.8, 4) is 0 Å². The highest BCUT2D eigenvalue weighted by Crippen LogP contribution is 2.19. The van der Waals surface area contributed by atoms with Gasteiger partial charge in [0.25, 0.3) is 0 Å². The largest absolute Gasteiger partial charge is 0.337 e. The Hall–Kier alpha value is -1.55. The number of nitrogens with one attached hydrogen (secondary N) is 2. The Morgan fingerprint density at radius 1 is 1.21 bits per heavy atom. The number of hydrogen-bond donors (Lipinski definition) is 3. The lowest BCUT2D eigenvalue weighted by Gasteiger charge is -2.23. The molecule has 4 N–H and O–H groups in total. The fraction of sp³-hybridized carbons (Fsp3) is 0.533. The smallest absolute Gasteiger partial charge is 0.315 e. The Morgan fingerprint density at radius 2 is 1.84 bits per heavy atom. The molecule has 2 amide bonds. The molecule has 0 aromatic heterocycles. The van der Waals surface area contributed by atoms with E-state index in [1.807, 2.05) is 30.3 Å². The third kappa shape index (κ3) is 7.47. The van der Waals surface area contributed by atoms with Crippen molar-refractivity contribution in [1.29, 1.82) is 0 Å². The van der Waals surface area contributed by atoms with Crippen LogP contribution in [-0.2, 0) is 6.54 Å². The molecule has 0 fully saturated rings. The summed E-state index contributed by atoms with van der Waals surface area (Å²) in [5.41, 5.74) is 7.24. The lowest BCUT2D eigenvalue weighted by atomic mass is 9.88. The van der Waals surface area contributed by atoms with Crippen molar-refractivity contribution in [3.05, 3.63) is 35.9 Å². The van der Waals surface area contributed by atoms with Crippen molar-refractivity contribution in [2.75, 3.05) is 6.54 Å². The zero-order valence-electron chi connectivity index (χ0n) is 12.1. The fourth-order valence-electron chi connectivity index (χ4n) is 1.92. The van der Waals surface area contributed by atoms with Gasteiger partial charge in [-0.1, -0.05) is 51.1 Å². The van der Waals surface area contributed by atoms with E-state index in [1.165, 1.54) is 0 Å². The Bertz CT molecular complexity index is 384. The van der Waals surface area contributed by atoms with E-state index in [2.05, 4.69) is 31.4 Å². The normalized spacial score (nSPS) is 12.8. The van der Waals surface area contributed by atoms with E-state index in [0.29, 0.717) is 13.1 Å². The molecule has 106 valence electrons. The standard InChI is InChI=1S/C15H25N3O/c1-15(2,3)9-13(16)11-18-14(19)17-10-12-7-5-4-6-8-12/h4-8,13H,9-11,16H2,1-3H3,(H2,17,18,19). The highest BCUT2D eigenvalue weighted by molar-refractivity contribution is 5.73. The number of rotatable bonds is 5. The van der Waals surface area contributed by atoms with Crippen molar-refractivity contribution in [3.63, 3.8) is 0 Å². The van der Waals surface area contributed by atoms with Crippen molar-refractivity contribution >= 4 is 6.03 Å². The number of nitrogens with two attached hydrogens (primary N) is 1. The number of hydrogen-bond acceptors (Lipinski definition) is 2. The highest BCUT2D eigenvalue weighted by Gasteiger charge is 2.15. The van der Waals surface area contributed by atoms with E-state index in [-0.39, 0.29) is 17.5 Å². The van der Waals surface area contributed by atoms with E-state index >= 15 is 0 Å². The first-order valence-electron chi connectivity index (χ1n) is 6.68. The molecule has 0 aliphatic rings. The lowest BCUT2D eigenvalue weighted by molar-refractivity contribution is 0.238. The molecule has 1 unspecified atom stereocenters. The highest BCUT2D eigenvalue weighted by atomic mass is 16.2. The van der Waals surface area contributed by atoms with Crippen LogP contribution in [0.15, 0.2) is 30.3 Å². The summed E-state index contributed by atoms with van der Waals surface area (Å²) in [5.74, 6) is 0. The molecule has 4 heteroatoms. The summed E-state index contributed by atoms with van der Waals surface area (Å²) >= 11 is 0. The van der Waals surface area contributed by atoms with Gasteiger partial charge >= 0.3 is 6.03 Å². The molecule has 1 rings (SSSR count). The van der Waals surface area contributed by atoms with Crippen molar-refractivity contribution < 1.29 is 4.79 Å². The third-order valence-electron chi connectivity index (χ3n) is 2.70. The van der Waals surface area contributed by atoms with E-state index in [1.54, 1.807) is 0 Å². The summed E-state index contributed by atoms with van der Waals surface area (Å²) in [5, 5.41) is 5.61. The summed E-state index contributed by atoms with van der Waals surface area (Å²) in [6, 6.07) is 9.63. The van der Waals surface area contributed by atoms with Crippen LogP contribution < -0.4 is 16.4 Å². The zero-order chi connectivity index (χ0) is 14.3. The van der Waals surface area contributed by atoms with Crippen LogP contribution in [0.4, 0.5) is 4.79 Å². The zero-order valence-corrected chi connectivity index (χ0v) is 12.1. The molecular weight excluding hydrogens is 238 g/mol. The maximum absolute atomic E-state index is 11.6. The predicted molar refractivity (Wildman–Crippen MR) is 78.7 cm³/mol. The quantitative estimate of drug-likeness (QED) is 0.762. The molecule has 0 bridgehead atoms. The minimum Gasteiger partial charge on any atom is -0.337 e. The van der Waals surface area contributed by atoms with Crippen LogP contribution >= 0.6 is 0 Å². The van der Waals surface area contributed by atoms with Crippen molar-refractivity contribution in [2.24, 2.45) is 11.1 Å². The molecule has 0 heterocycles. The lowest BCUT2D eigenvalue weighted by Crippen LogP contribution is -2.43. The topological polar surface area (TPSA) is 67.1 Å². The van der Waals surface area contributed by atoms with Gasteiger partial charge in [-0.25, -0.2) is 4.79 Å². The molecule has 0 aliphatic carbocycles.